The molecule has 1 amide bonds. The topological polar surface area (TPSA) is 69.0 Å². The summed E-state index contributed by atoms with van der Waals surface area (Å²) in [7, 11) is 0. The molecule has 1 aromatic heterocycles. The quantitative estimate of drug-likeness (QED) is 0.935. The molecule has 1 fully saturated rings. The smallest absolute Gasteiger partial charge is 0.249 e. The number of nitriles is 1. The van der Waals surface area contributed by atoms with Crippen LogP contribution in [0.15, 0.2) is 24.3 Å². The second kappa shape index (κ2) is 5.91. The maximum absolute atomic E-state index is 13.8. The SMILES string of the molecule is N#Cc1sc(N[C@H]2CCN(c3ccccc3F)C2=O)nc1Cl. The van der Waals surface area contributed by atoms with E-state index in [9.17, 15) is 9.18 Å². The van der Waals surface area contributed by atoms with Gasteiger partial charge >= 0.3 is 0 Å². The normalized spacial score (nSPS) is 17.6. The van der Waals surface area contributed by atoms with E-state index in [1.54, 1.807) is 18.2 Å². The molecule has 2 heterocycles. The number of amides is 1. The Kier molecular flexibility index (Phi) is 3.96. The van der Waals surface area contributed by atoms with Gasteiger partial charge in [0.1, 0.15) is 22.8 Å². The van der Waals surface area contributed by atoms with E-state index in [2.05, 4.69) is 10.3 Å². The Morgan fingerprint density at radius 1 is 1.50 bits per heavy atom. The van der Waals surface area contributed by atoms with Crippen molar-refractivity contribution in [2.24, 2.45) is 0 Å². The number of nitrogens with one attached hydrogen (secondary N) is 1. The van der Waals surface area contributed by atoms with Gasteiger partial charge in [0.25, 0.3) is 0 Å². The lowest BCUT2D eigenvalue weighted by molar-refractivity contribution is -0.117. The molecule has 1 saturated heterocycles. The molecule has 112 valence electrons. The van der Waals surface area contributed by atoms with Crippen LogP contribution in [-0.4, -0.2) is 23.5 Å². The standard InChI is InChI=1S/C14H10ClFN4OS/c15-12-11(7-17)22-14(19-12)18-9-5-6-20(13(9)21)10-4-2-1-3-8(10)16/h1-4,9H,5-6H2,(H,18,19)/t9-/m0/s1. The molecule has 1 aromatic carbocycles. The zero-order chi connectivity index (χ0) is 15.7. The number of aromatic nitrogens is 1. The van der Waals surface area contributed by atoms with Crippen molar-refractivity contribution in [3.8, 4) is 6.07 Å². The van der Waals surface area contributed by atoms with E-state index >= 15 is 0 Å². The second-order valence-electron chi connectivity index (χ2n) is 4.68. The van der Waals surface area contributed by atoms with E-state index in [1.165, 1.54) is 11.0 Å². The number of hydrogen-bond donors (Lipinski definition) is 1. The number of halogens is 2. The summed E-state index contributed by atoms with van der Waals surface area (Å²) in [5, 5.41) is 12.4. The van der Waals surface area contributed by atoms with E-state index in [0.717, 1.165) is 11.3 Å². The fourth-order valence-corrected chi connectivity index (χ4v) is 3.30. The molecular weight excluding hydrogens is 327 g/mol. The van der Waals surface area contributed by atoms with Crippen LogP contribution < -0.4 is 10.2 Å². The van der Waals surface area contributed by atoms with Crippen molar-refractivity contribution in [1.82, 2.24) is 4.98 Å². The molecule has 22 heavy (non-hydrogen) atoms. The molecule has 2 aromatic rings. The minimum Gasteiger partial charge on any atom is -0.350 e. The fraction of sp³-hybridized carbons (Fsp3) is 0.214. The molecule has 1 N–H and O–H groups in total. The zero-order valence-corrected chi connectivity index (χ0v) is 12.8. The van der Waals surface area contributed by atoms with E-state index in [4.69, 9.17) is 16.9 Å². The van der Waals surface area contributed by atoms with Crippen LogP contribution in [0.3, 0.4) is 0 Å². The highest BCUT2D eigenvalue weighted by Crippen LogP contribution is 2.29. The van der Waals surface area contributed by atoms with Crippen LogP contribution >= 0.6 is 22.9 Å². The van der Waals surface area contributed by atoms with Crippen LogP contribution in [0.4, 0.5) is 15.2 Å². The van der Waals surface area contributed by atoms with Gasteiger partial charge in [0.2, 0.25) is 5.91 Å². The van der Waals surface area contributed by atoms with Crippen LogP contribution in [0.25, 0.3) is 0 Å². The Bertz CT molecular complexity index is 772. The Hall–Kier alpha value is -2.17. The predicted octanol–water partition coefficient (Wildman–Crippen LogP) is 3.02. The molecule has 0 radical (unpaired) electrons. The third kappa shape index (κ3) is 2.63. The van der Waals surface area contributed by atoms with Crippen molar-refractivity contribution < 1.29 is 9.18 Å². The van der Waals surface area contributed by atoms with Gasteiger partial charge in [0.05, 0.1) is 5.69 Å². The van der Waals surface area contributed by atoms with Gasteiger partial charge in [-0.3, -0.25) is 4.79 Å². The highest BCUT2D eigenvalue weighted by atomic mass is 35.5. The predicted molar refractivity (Wildman–Crippen MR) is 82.6 cm³/mol. The van der Waals surface area contributed by atoms with Crippen molar-refractivity contribution >= 4 is 39.7 Å². The summed E-state index contributed by atoms with van der Waals surface area (Å²) in [5.74, 6) is -0.657. The maximum atomic E-state index is 13.8. The van der Waals surface area contributed by atoms with Crippen LogP contribution in [0.5, 0.6) is 0 Å². The first-order valence-electron chi connectivity index (χ1n) is 6.49. The lowest BCUT2D eigenvalue weighted by Crippen LogP contribution is -2.33. The number of thiazole rings is 1. The van der Waals surface area contributed by atoms with Crippen LogP contribution in [0.1, 0.15) is 11.3 Å². The van der Waals surface area contributed by atoms with Gasteiger partial charge in [-0.05, 0) is 18.6 Å². The number of hydrogen-bond acceptors (Lipinski definition) is 5. The molecule has 0 bridgehead atoms. The van der Waals surface area contributed by atoms with Crippen LogP contribution in [0.2, 0.25) is 5.15 Å². The van der Waals surface area contributed by atoms with Crippen LogP contribution in [0, 0.1) is 17.1 Å². The van der Waals surface area contributed by atoms with E-state index in [-0.39, 0.29) is 16.7 Å². The molecule has 0 spiro atoms. The first-order chi connectivity index (χ1) is 10.6. The number of anilines is 2. The summed E-state index contributed by atoms with van der Waals surface area (Å²) in [5.41, 5.74) is 0.270. The van der Waals surface area contributed by atoms with E-state index in [0.29, 0.717) is 23.0 Å². The van der Waals surface area contributed by atoms with Gasteiger partial charge in [-0.25, -0.2) is 9.37 Å². The molecule has 1 atom stereocenters. The van der Waals surface area contributed by atoms with Gasteiger partial charge in [0.15, 0.2) is 10.3 Å². The molecule has 0 unspecified atom stereocenters. The molecule has 3 rings (SSSR count). The molecule has 8 heteroatoms. The summed E-state index contributed by atoms with van der Waals surface area (Å²) in [6.45, 7) is 0.418. The number of rotatable bonds is 3. The molecule has 1 aliphatic rings. The fourth-order valence-electron chi connectivity index (χ4n) is 2.30. The number of carbonyl (C=O) groups excluding carboxylic acids is 1. The number of para-hydroxylation sites is 1. The van der Waals surface area contributed by atoms with Gasteiger partial charge in [-0.15, -0.1) is 0 Å². The largest absolute Gasteiger partial charge is 0.350 e. The minimum absolute atomic E-state index is 0.117. The van der Waals surface area contributed by atoms with Gasteiger partial charge in [0, 0.05) is 6.54 Å². The maximum Gasteiger partial charge on any atom is 0.249 e. The third-order valence-electron chi connectivity index (χ3n) is 3.33. The third-order valence-corrected chi connectivity index (χ3v) is 4.61. The molecule has 1 aliphatic heterocycles. The monoisotopic (exact) mass is 336 g/mol. The lowest BCUT2D eigenvalue weighted by Gasteiger charge is -2.17. The summed E-state index contributed by atoms with van der Waals surface area (Å²) in [6.07, 6.45) is 0.520. The van der Waals surface area contributed by atoms with Crippen molar-refractivity contribution in [2.45, 2.75) is 12.5 Å². The summed E-state index contributed by atoms with van der Waals surface area (Å²) >= 11 is 6.89. The van der Waals surface area contributed by atoms with E-state index < -0.39 is 11.9 Å². The minimum atomic E-state index is -0.506. The molecule has 0 saturated carbocycles. The Balaban J connectivity index is 1.77. The first-order valence-corrected chi connectivity index (χ1v) is 7.68. The highest BCUT2D eigenvalue weighted by molar-refractivity contribution is 7.16. The average molecular weight is 337 g/mol. The Labute approximate surface area is 134 Å². The zero-order valence-electron chi connectivity index (χ0n) is 11.2. The molecule has 0 aliphatic carbocycles. The van der Waals surface area contributed by atoms with Crippen LogP contribution in [-0.2, 0) is 4.79 Å². The highest BCUT2D eigenvalue weighted by Gasteiger charge is 2.34. The molecule has 5 nitrogen and oxygen atoms in total. The number of benzene rings is 1. The second-order valence-corrected chi connectivity index (χ2v) is 6.03. The Morgan fingerprint density at radius 2 is 2.27 bits per heavy atom. The average Bonchev–Trinajstić information content (AvgIpc) is 3.04. The van der Waals surface area contributed by atoms with Gasteiger partial charge in [-0.1, -0.05) is 35.1 Å². The lowest BCUT2D eigenvalue weighted by atomic mass is 10.2. The summed E-state index contributed by atoms with van der Waals surface area (Å²) in [6, 6.07) is 7.59. The summed E-state index contributed by atoms with van der Waals surface area (Å²) in [4.78, 5) is 18.1. The Morgan fingerprint density at radius 3 is 2.95 bits per heavy atom. The van der Waals surface area contributed by atoms with Gasteiger partial charge in [-0.2, -0.15) is 5.26 Å². The number of carbonyl (C=O) groups is 1. The van der Waals surface area contributed by atoms with Crippen molar-refractivity contribution in [2.75, 3.05) is 16.8 Å². The van der Waals surface area contributed by atoms with Crippen molar-refractivity contribution in [1.29, 1.82) is 5.26 Å². The summed E-state index contributed by atoms with van der Waals surface area (Å²) < 4.78 is 13.8. The van der Waals surface area contributed by atoms with Gasteiger partial charge < -0.3 is 10.2 Å². The number of nitrogens with zero attached hydrogens (tertiary/aromatic N) is 3. The van der Waals surface area contributed by atoms with E-state index in [1.807, 2.05) is 6.07 Å². The van der Waals surface area contributed by atoms with Crippen molar-refractivity contribution in [3.05, 3.63) is 40.1 Å². The van der Waals surface area contributed by atoms with Crippen molar-refractivity contribution in [3.63, 3.8) is 0 Å². The molecular formula is C14H10ClFN4OS. The first kappa shape index (κ1) is 14.8.